The van der Waals surface area contributed by atoms with Crippen LogP contribution in [0.15, 0.2) is 65.3 Å². The summed E-state index contributed by atoms with van der Waals surface area (Å²) in [5, 5.41) is 4.41. The molecule has 4 aromatic rings. The molecule has 0 spiro atoms. The highest BCUT2D eigenvalue weighted by Crippen LogP contribution is 2.42. The first-order chi connectivity index (χ1) is 16.8. The van der Waals surface area contributed by atoms with Crippen LogP contribution >= 0.6 is 11.6 Å². The van der Waals surface area contributed by atoms with E-state index in [4.69, 9.17) is 25.5 Å². The first kappa shape index (κ1) is 24.4. The Bertz CT molecular complexity index is 1430. The lowest BCUT2D eigenvalue weighted by atomic mass is 9.96. The Labute approximate surface area is 210 Å². The summed E-state index contributed by atoms with van der Waals surface area (Å²) in [4.78, 5) is 12.9. The van der Waals surface area contributed by atoms with Gasteiger partial charge >= 0.3 is 0 Å². The van der Waals surface area contributed by atoms with Gasteiger partial charge in [0.15, 0.2) is 0 Å². The van der Waals surface area contributed by atoms with Crippen LogP contribution in [0, 0.1) is 13.8 Å². The highest BCUT2D eigenvalue weighted by Gasteiger charge is 2.20. The molecular formula is C29H28ClNO4. The predicted octanol–water partition coefficient (Wildman–Crippen LogP) is 7.82. The number of benzene rings is 3. The lowest BCUT2D eigenvalue weighted by molar-refractivity contribution is -0.111. The molecule has 0 bridgehead atoms. The number of furan rings is 1. The molecule has 0 saturated carbocycles. The summed E-state index contributed by atoms with van der Waals surface area (Å²) >= 11 is 6.11. The molecule has 6 heteroatoms. The van der Waals surface area contributed by atoms with Gasteiger partial charge in [-0.2, -0.15) is 0 Å². The van der Waals surface area contributed by atoms with Crippen LogP contribution in [-0.4, -0.2) is 19.6 Å². The number of carbonyl (C=O) groups is 1. The number of hydrogen-bond donors (Lipinski definition) is 1. The van der Waals surface area contributed by atoms with Gasteiger partial charge in [0.25, 0.3) is 0 Å². The number of nitrogens with one attached hydrogen (secondary N) is 1. The van der Waals surface area contributed by atoms with Crippen molar-refractivity contribution < 1.29 is 18.7 Å². The minimum Gasteiger partial charge on any atom is -0.496 e. The standard InChI is InChI=1S/C29H28ClNO4/c1-6-34-28-19(4)29-23(24(16-35-29)21-9-7-8-10-26(21)33-5)15-22(28)18(3)13-27(32)31-25-14-20(30)12-11-17(25)2/h7-16H,6H2,1-5H3,(H,31,32)/b18-13+. The third-order valence-electron chi connectivity index (χ3n) is 5.96. The zero-order chi connectivity index (χ0) is 25.1. The van der Waals surface area contributed by atoms with Crippen LogP contribution in [0.2, 0.25) is 5.02 Å². The Balaban J connectivity index is 1.81. The maximum absolute atomic E-state index is 12.9. The quantitative estimate of drug-likeness (QED) is 0.269. The molecule has 0 radical (unpaired) electrons. The molecule has 1 heterocycles. The van der Waals surface area contributed by atoms with E-state index in [9.17, 15) is 4.79 Å². The number of para-hydroxylation sites is 1. The number of methoxy groups -OCH3 is 1. The zero-order valence-corrected chi connectivity index (χ0v) is 21.2. The van der Waals surface area contributed by atoms with Crippen LogP contribution in [0.25, 0.3) is 27.7 Å². The lowest BCUT2D eigenvalue weighted by Crippen LogP contribution is -2.10. The lowest BCUT2D eigenvalue weighted by Gasteiger charge is -2.15. The van der Waals surface area contributed by atoms with Gasteiger partial charge in [0.1, 0.15) is 17.1 Å². The topological polar surface area (TPSA) is 60.7 Å². The molecule has 1 N–H and O–H groups in total. The van der Waals surface area contributed by atoms with Gasteiger partial charge in [0, 0.05) is 44.4 Å². The molecule has 0 fully saturated rings. The zero-order valence-electron chi connectivity index (χ0n) is 20.5. The van der Waals surface area contributed by atoms with Crippen molar-refractivity contribution >= 4 is 39.7 Å². The van der Waals surface area contributed by atoms with Crippen LogP contribution in [-0.2, 0) is 4.79 Å². The fourth-order valence-corrected chi connectivity index (χ4v) is 4.36. The van der Waals surface area contributed by atoms with E-state index >= 15 is 0 Å². The number of amides is 1. The van der Waals surface area contributed by atoms with Gasteiger partial charge in [0.05, 0.1) is 20.0 Å². The fourth-order valence-electron chi connectivity index (χ4n) is 4.19. The van der Waals surface area contributed by atoms with Crippen molar-refractivity contribution in [2.75, 3.05) is 19.0 Å². The number of halogens is 1. The Morgan fingerprint density at radius 3 is 2.63 bits per heavy atom. The van der Waals surface area contributed by atoms with Crippen LogP contribution in [0.3, 0.4) is 0 Å². The normalized spacial score (nSPS) is 11.5. The second-order valence-corrected chi connectivity index (χ2v) is 8.75. The Morgan fingerprint density at radius 2 is 1.89 bits per heavy atom. The van der Waals surface area contributed by atoms with Crippen molar-refractivity contribution in [2.45, 2.75) is 27.7 Å². The second-order valence-electron chi connectivity index (χ2n) is 8.31. The third-order valence-corrected chi connectivity index (χ3v) is 6.19. The molecule has 0 saturated heterocycles. The molecule has 5 nitrogen and oxygen atoms in total. The molecule has 1 aromatic heterocycles. The number of hydrogen-bond acceptors (Lipinski definition) is 4. The van der Waals surface area contributed by atoms with E-state index in [2.05, 4.69) is 5.32 Å². The molecule has 35 heavy (non-hydrogen) atoms. The van der Waals surface area contributed by atoms with Gasteiger partial charge in [-0.05, 0) is 63.1 Å². The maximum Gasteiger partial charge on any atom is 0.248 e. The maximum atomic E-state index is 12.9. The van der Waals surface area contributed by atoms with Gasteiger partial charge in [0.2, 0.25) is 5.91 Å². The predicted molar refractivity (Wildman–Crippen MR) is 143 cm³/mol. The molecule has 0 aliphatic heterocycles. The van der Waals surface area contributed by atoms with E-state index in [-0.39, 0.29) is 5.91 Å². The van der Waals surface area contributed by atoms with E-state index in [0.717, 1.165) is 50.1 Å². The van der Waals surface area contributed by atoms with Crippen LogP contribution in [0.5, 0.6) is 11.5 Å². The molecule has 1 amide bonds. The molecule has 0 unspecified atom stereocenters. The largest absolute Gasteiger partial charge is 0.496 e. The summed E-state index contributed by atoms with van der Waals surface area (Å²) in [6.07, 6.45) is 3.31. The molecule has 0 atom stereocenters. The molecule has 0 aliphatic rings. The summed E-state index contributed by atoms with van der Waals surface area (Å²) in [6.45, 7) is 8.21. The van der Waals surface area contributed by atoms with Crippen molar-refractivity contribution in [1.82, 2.24) is 0 Å². The van der Waals surface area contributed by atoms with Crippen molar-refractivity contribution in [3.05, 3.63) is 82.6 Å². The number of carbonyl (C=O) groups excluding carboxylic acids is 1. The van der Waals surface area contributed by atoms with E-state index in [1.807, 2.05) is 64.1 Å². The minimum atomic E-state index is -0.245. The first-order valence-electron chi connectivity index (χ1n) is 11.4. The van der Waals surface area contributed by atoms with E-state index < -0.39 is 0 Å². The van der Waals surface area contributed by atoms with Crippen LogP contribution in [0.1, 0.15) is 30.5 Å². The van der Waals surface area contributed by atoms with Crippen LogP contribution < -0.4 is 14.8 Å². The van der Waals surface area contributed by atoms with Gasteiger partial charge in [-0.15, -0.1) is 0 Å². The Kier molecular flexibility index (Phi) is 7.17. The number of anilines is 1. The van der Waals surface area contributed by atoms with Crippen molar-refractivity contribution in [2.24, 2.45) is 0 Å². The summed E-state index contributed by atoms with van der Waals surface area (Å²) < 4.78 is 17.6. The van der Waals surface area contributed by atoms with Crippen molar-refractivity contribution in [3.63, 3.8) is 0 Å². The molecular weight excluding hydrogens is 462 g/mol. The molecule has 4 rings (SSSR count). The first-order valence-corrected chi connectivity index (χ1v) is 11.8. The second kappa shape index (κ2) is 10.3. The Morgan fingerprint density at radius 1 is 1.11 bits per heavy atom. The average molecular weight is 490 g/mol. The molecule has 180 valence electrons. The van der Waals surface area contributed by atoms with Crippen LogP contribution in [0.4, 0.5) is 5.69 Å². The van der Waals surface area contributed by atoms with Gasteiger partial charge < -0.3 is 19.2 Å². The smallest absolute Gasteiger partial charge is 0.248 e. The number of fused-ring (bicyclic) bond motifs is 1. The SMILES string of the molecule is CCOc1c(/C(C)=C/C(=O)Nc2cc(Cl)ccc2C)cc2c(-c3ccccc3OC)coc2c1C. The highest BCUT2D eigenvalue weighted by molar-refractivity contribution is 6.31. The van der Waals surface area contributed by atoms with E-state index in [1.165, 1.54) is 0 Å². The van der Waals surface area contributed by atoms with Crippen molar-refractivity contribution in [3.8, 4) is 22.6 Å². The number of rotatable bonds is 7. The van der Waals surface area contributed by atoms with E-state index in [0.29, 0.717) is 23.1 Å². The van der Waals surface area contributed by atoms with Gasteiger partial charge in [-0.3, -0.25) is 4.79 Å². The molecule has 0 aliphatic carbocycles. The summed E-state index contributed by atoms with van der Waals surface area (Å²) in [5.41, 5.74) is 6.66. The minimum absolute atomic E-state index is 0.245. The number of aryl methyl sites for hydroxylation is 2. The van der Waals surface area contributed by atoms with Gasteiger partial charge in [-0.25, -0.2) is 0 Å². The monoisotopic (exact) mass is 489 g/mol. The van der Waals surface area contributed by atoms with E-state index in [1.54, 1.807) is 31.6 Å². The van der Waals surface area contributed by atoms with Gasteiger partial charge in [-0.1, -0.05) is 35.9 Å². The fraction of sp³-hybridized carbons (Fsp3) is 0.207. The summed E-state index contributed by atoms with van der Waals surface area (Å²) in [5.74, 6) is 1.21. The highest BCUT2D eigenvalue weighted by atomic mass is 35.5. The Hall–Kier alpha value is -3.70. The number of ether oxygens (including phenoxy) is 2. The number of allylic oxidation sites excluding steroid dienone is 1. The molecule has 3 aromatic carbocycles. The van der Waals surface area contributed by atoms with Crippen molar-refractivity contribution in [1.29, 1.82) is 0 Å². The third kappa shape index (κ3) is 4.91. The average Bonchev–Trinajstić information content (AvgIpc) is 3.27. The summed E-state index contributed by atoms with van der Waals surface area (Å²) in [7, 11) is 1.65. The summed E-state index contributed by atoms with van der Waals surface area (Å²) in [6, 6.07) is 15.2.